The highest BCUT2D eigenvalue weighted by atomic mass is 15.3. The lowest BCUT2D eigenvalue weighted by atomic mass is 10.00. The van der Waals surface area contributed by atoms with Gasteiger partial charge in [-0.25, -0.2) is 0 Å². The van der Waals surface area contributed by atoms with Crippen LogP contribution in [0.15, 0.2) is 4.99 Å². The SMILES string of the molecule is CCCN(CCC)CCCN=C(N)N1CCC(C)CC1. The topological polar surface area (TPSA) is 44.9 Å². The normalized spacial score (nSPS) is 18.0. The van der Waals surface area contributed by atoms with Gasteiger partial charge in [0, 0.05) is 19.6 Å². The number of nitrogens with two attached hydrogens (primary N) is 1. The van der Waals surface area contributed by atoms with E-state index in [4.69, 9.17) is 5.73 Å². The molecule has 0 aromatic heterocycles. The molecule has 0 aromatic rings. The van der Waals surface area contributed by atoms with Crippen LogP contribution >= 0.6 is 0 Å². The minimum absolute atomic E-state index is 0.759. The third-order valence-electron chi connectivity index (χ3n) is 4.09. The molecule has 2 N–H and O–H groups in total. The Hall–Kier alpha value is -0.770. The van der Waals surface area contributed by atoms with E-state index >= 15 is 0 Å². The molecule has 20 heavy (non-hydrogen) atoms. The first-order valence-corrected chi connectivity index (χ1v) is 8.44. The first-order chi connectivity index (χ1) is 9.67. The zero-order chi connectivity index (χ0) is 14.8. The Labute approximate surface area is 125 Å². The lowest BCUT2D eigenvalue weighted by molar-refractivity contribution is 0.270. The number of piperidine rings is 1. The number of guanidine groups is 1. The van der Waals surface area contributed by atoms with Gasteiger partial charge in [-0.2, -0.15) is 0 Å². The summed E-state index contributed by atoms with van der Waals surface area (Å²) in [7, 11) is 0. The molecule has 1 rings (SSSR count). The van der Waals surface area contributed by atoms with Crippen LogP contribution in [0.25, 0.3) is 0 Å². The molecule has 0 saturated carbocycles. The van der Waals surface area contributed by atoms with Crippen molar-refractivity contribution in [2.45, 2.75) is 52.9 Å². The van der Waals surface area contributed by atoms with Gasteiger partial charge in [-0.05, 0) is 57.7 Å². The average molecular weight is 282 g/mol. The number of likely N-dealkylation sites (tertiary alicyclic amines) is 1. The number of hydrogen-bond donors (Lipinski definition) is 1. The lowest BCUT2D eigenvalue weighted by Crippen LogP contribution is -2.42. The van der Waals surface area contributed by atoms with Crippen LogP contribution < -0.4 is 5.73 Å². The number of aliphatic imine (C=N–C) groups is 1. The van der Waals surface area contributed by atoms with E-state index in [1.807, 2.05) is 0 Å². The van der Waals surface area contributed by atoms with Gasteiger partial charge >= 0.3 is 0 Å². The Morgan fingerprint density at radius 3 is 2.30 bits per heavy atom. The van der Waals surface area contributed by atoms with Crippen molar-refractivity contribution >= 4 is 5.96 Å². The summed E-state index contributed by atoms with van der Waals surface area (Å²) in [5.41, 5.74) is 6.09. The number of nitrogens with zero attached hydrogens (tertiary/aromatic N) is 3. The van der Waals surface area contributed by atoms with Gasteiger partial charge < -0.3 is 15.5 Å². The van der Waals surface area contributed by atoms with Gasteiger partial charge in [0.1, 0.15) is 0 Å². The molecule has 0 amide bonds. The molecule has 1 fully saturated rings. The van der Waals surface area contributed by atoms with Gasteiger partial charge in [0.15, 0.2) is 5.96 Å². The maximum absolute atomic E-state index is 6.09. The van der Waals surface area contributed by atoms with Crippen molar-refractivity contribution in [2.24, 2.45) is 16.6 Å². The van der Waals surface area contributed by atoms with E-state index in [2.05, 4.69) is 35.6 Å². The summed E-state index contributed by atoms with van der Waals surface area (Å²) in [6.07, 6.45) is 6.08. The summed E-state index contributed by atoms with van der Waals surface area (Å²) in [4.78, 5) is 9.34. The fourth-order valence-electron chi connectivity index (χ4n) is 2.79. The Bertz CT molecular complexity index is 264. The van der Waals surface area contributed by atoms with Crippen molar-refractivity contribution in [3.05, 3.63) is 0 Å². The van der Waals surface area contributed by atoms with Crippen LogP contribution in [-0.2, 0) is 0 Å². The molecule has 0 bridgehead atoms. The van der Waals surface area contributed by atoms with Gasteiger partial charge in [-0.3, -0.25) is 4.99 Å². The zero-order valence-electron chi connectivity index (χ0n) is 13.8. The van der Waals surface area contributed by atoms with Crippen molar-refractivity contribution in [1.29, 1.82) is 0 Å². The minimum Gasteiger partial charge on any atom is -0.370 e. The molecule has 1 saturated heterocycles. The van der Waals surface area contributed by atoms with Crippen LogP contribution in [0.4, 0.5) is 0 Å². The van der Waals surface area contributed by atoms with Crippen molar-refractivity contribution in [3.8, 4) is 0 Å². The van der Waals surface area contributed by atoms with Crippen LogP contribution in [0.2, 0.25) is 0 Å². The van der Waals surface area contributed by atoms with Crippen LogP contribution in [0.1, 0.15) is 52.9 Å². The van der Waals surface area contributed by atoms with Crippen molar-refractivity contribution in [1.82, 2.24) is 9.80 Å². The van der Waals surface area contributed by atoms with Crippen molar-refractivity contribution < 1.29 is 0 Å². The molecule has 4 heteroatoms. The second-order valence-corrected chi connectivity index (χ2v) is 6.10. The van der Waals surface area contributed by atoms with Gasteiger partial charge in [-0.1, -0.05) is 20.8 Å². The van der Waals surface area contributed by atoms with E-state index in [0.717, 1.165) is 44.5 Å². The Morgan fingerprint density at radius 2 is 1.75 bits per heavy atom. The summed E-state index contributed by atoms with van der Waals surface area (Å²) in [6, 6.07) is 0. The van der Waals surface area contributed by atoms with Gasteiger partial charge in [-0.15, -0.1) is 0 Å². The predicted octanol–water partition coefficient (Wildman–Crippen LogP) is 2.55. The van der Waals surface area contributed by atoms with Gasteiger partial charge in [0.05, 0.1) is 0 Å². The molecule has 0 aromatic carbocycles. The summed E-state index contributed by atoms with van der Waals surface area (Å²) < 4.78 is 0. The maximum Gasteiger partial charge on any atom is 0.191 e. The van der Waals surface area contributed by atoms with Gasteiger partial charge in [0.25, 0.3) is 0 Å². The molecule has 1 aliphatic rings. The zero-order valence-corrected chi connectivity index (χ0v) is 13.8. The highest BCUT2D eigenvalue weighted by molar-refractivity contribution is 5.78. The Kier molecular flexibility index (Phi) is 8.67. The fraction of sp³-hybridized carbons (Fsp3) is 0.938. The van der Waals surface area contributed by atoms with E-state index in [9.17, 15) is 0 Å². The third-order valence-corrected chi connectivity index (χ3v) is 4.09. The number of rotatable bonds is 8. The Balaban J connectivity index is 2.22. The van der Waals surface area contributed by atoms with Crippen LogP contribution in [-0.4, -0.2) is 55.0 Å². The smallest absolute Gasteiger partial charge is 0.191 e. The monoisotopic (exact) mass is 282 g/mol. The quantitative estimate of drug-likeness (QED) is 0.423. The maximum atomic E-state index is 6.09. The molecular formula is C16H34N4. The summed E-state index contributed by atoms with van der Waals surface area (Å²) in [5.74, 6) is 1.60. The highest BCUT2D eigenvalue weighted by Crippen LogP contribution is 2.15. The molecule has 0 unspecified atom stereocenters. The minimum atomic E-state index is 0.759. The second kappa shape index (κ2) is 10.0. The lowest BCUT2D eigenvalue weighted by Gasteiger charge is -2.31. The largest absolute Gasteiger partial charge is 0.370 e. The first kappa shape index (κ1) is 17.3. The van der Waals surface area contributed by atoms with E-state index in [-0.39, 0.29) is 0 Å². The molecule has 4 nitrogen and oxygen atoms in total. The van der Waals surface area contributed by atoms with Crippen LogP contribution in [0.3, 0.4) is 0 Å². The highest BCUT2D eigenvalue weighted by Gasteiger charge is 2.16. The van der Waals surface area contributed by atoms with Crippen molar-refractivity contribution in [2.75, 3.05) is 39.3 Å². The summed E-state index contributed by atoms with van der Waals surface area (Å²) in [5, 5.41) is 0. The molecule has 0 aliphatic carbocycles. The van der Waals surface area contributed by atoms with E-state index < -0.39 is 0 Å². The molecular weight excluding hydrogens is 248 g/mol. The predicted molar refractivity (Wildman–Crippen MR) is 88.1 cm³/mol. The third kappa shape index (κ3) is 6.60. The second-order valence-electron chi connectivity index (χ2n) is 6.10. The molecule has 0 spiro atoms. The Morgan fingerprint density at radius 1 is 1.15 bits per heavy atom. The number of hydrogen-bond acceptors (Lipinski definition) is 2. The van der Waals surface area contributed by atoms with E-state index in [1.54, 1.807) is 0 Å². The summed E-state index contributed by atoms with van der Waals surface area (Å²) >= 11 is 0. The standard InChI is InChI=1S/C16H34N4/c1-4-10-19(11-5-2)12-6-9-18-16(17)20-13-7-15(3)8-14-20/h15H,4-14H2,1-3H3,(H2,17,18). The fourth-order valence-corrected chi connectivity index (χ4v) is 2.79. The molecule has 118 valence electrons. The molecule has 1 aliphatic heterocycles. The molecule has 0 atom stereocenters. The van der Waals surface area contributed by atoms with E-state index in [0.29, 0.717) is 0 Å². The summed E-state index contributed by atoms with van der Waals surface area (Å²) in [6.45, 7) is 13.4. The van der Waals surface area contributed by atoms with Gasteiger partial charge in [0.2, 0.25) is 0 Å². The first-order valence-electron chi connectivity index (χ1n) is 8.44. The molecule has 0 radical (unpaired) electrons. The van der Waals surface area contributed by atoms with Crippen molar-refractivity contribution in [3.63, 3.8) is 0 Å². The van der Waals surface area contributed by atoms with E-state index in [1.165, 1.54) is 38.8 Å². The van der Waals surface area contributed by atoms with Crippen LogP contribution in [0.5, 0.6) is 0 Å². The molecule has 1 heterocycles. The van der Waals surface area contributed by atoms with Crippen LogP contribution in [0, 0.1) is 5.92 Å². The average Bonchev–Trinajstić information content (AvgIpc) is 2.44.